The minimum Gasteiger partial charge on any atom is -0.371 e. The van der Waals surface area contributed by atoms with Crippen molar-refractivity contribution in [3.05, 3.63) is 45.4 Å². The Morgan fingerprint density at radius 1 is 1.28 bits per heavy atom. The first-order valence-corrected chi connectivity index (χ1v) is 8.90. The predicted molar refractivity (Wildman–Crippen MR) is 95.4 cm³/mol. The fraction of sp³-hybridized carbons (Fsp3) is 0.529. The van der Waals surface area contributed by atoms with Crippen molar-refractivity contribution in [2.45, 2.75) is 39.0 Å². The molecule has 1 aliphatic heterocycles. The van der Waals surface area contributed by atoms with Crippen molar-refractivity contribution >= 4 is 23.2 Å². The lowest BCUT2D eigenvalue weighted by Crippen LogP contribution is -2.38. The molecule has 0 amide bonds. The highest BCUT2D eigenvalue weighted by Gasteiger charge is 2.26. The van der Waals surface area contributed by atoms with Gasteiger partial charge in [-0.05, 0) is 32.9 Å². The van der Waals surface area contributed by atoms with Gasteiger partial charge in [0.1, 0.15) is 5.82 Å². The van der Waals surface area contributed by atoms with Gasteiger partial charge in [0.15, 0.2) is 0 Å². The summed E-state index contributed by atoms with van der Waals surface area (Å²) < 4.78 is 21.4. The smallest absolute Gasteiger partial charge is 0.142 e. The number of halogens is 3. The summed E-state index contributed by atoms with van der Waals surface area (Å²) in [5.74, 6) is -0.491. The third kappa shape index (κ3) is 4.31. The Kier molecular flexibility index (Phi) is 5.34. The molecule has 1 aromatic carbocycles. The average Bonchev–Trinajstić information content (AvgIpc) is 3.00. The van der Waals surface area contributed by atoms with Crippen molar-refractivity contribution in [1.82, 2.24) is 19.9 Å². The Balaban J connectivity index is 1.71. The van der Waals surface area contributed by atoms with Crippen LogP contribution in [0.5, 0.6) is 0 Å². The van der Waals surface area contributed by atoms with Gasteiger partial charge in [-0.1, -0.05) is 28.4 Å². The van der Waals surface area contributed by atoms with Gasteiger partial charge in [-0.2, -0.15) is 0 Å². The molecule has 3 rings (SSSR count). The van der Waals surface area contributed by atoms with E-state index in [-0.39, 0.29) is 16.7 Å². The highest BCUT2D eigenvalue weighted by Crippen LogP contribution is 2.32. The van der Waals surface area contributed by atoms with E-state index in [0.29, 0.717) is 30.3 Å². The van der Waals surface area contributed by atoms with Crippen LogP contribution in [0.1, 0.15) is 38.1 Å². The number of rotatable bonds is 3. The lowest BCUT2D eigenvalue weighted by atomic mass is 10.1. The van der Waals surface area contributed by atoms with E-state index >= 15 is 0 Å². The maximum absolute atomic E-state index is 13.8. The SMILES string of the molecule is CC(C)(C)n1cc(CN2CCO[C@H](c3cc(F)c(Cl)cc3Cl)C2)nn1. The van der Waals surface area contributed by atoms with Gasteiger partial charge < -0.3 is 4.74 Å². The molecule has 1 aromatic heterocycles. The summed E-state index contributed by atoms with van der Waals surface area (Å²) in [4.78, 5) is 2.20. The second-order valence-corrected chi connectivity index (χ2v) is 8.02. The van der Waals surface area contributed by atoms with E-state index in [2.05, 4.69) is 36.0 Å². The first kappa shape index (κ1) is 18.6. The van der Waals surface area contributed by atoms with Gasteiger partial charge in [0, 0.05) is 30.2 Å². The Morgan fingerprint density at radius 3 is 2.72 bits per heavy atom. The maximum atomic E-state index is 13.8. The summed E-state index contributed by atoms with van der Waals surface area (Å²) in [6.45, 7) is 8.80. The van der Waals surface area contributed by atoms with Crippen LogP contribution in [0.25, 0.3) is 0 Å². The Bertz CT molecular complexity index is 760. The van der Waals surface area contributed by atoms with Crippen molar-refractivity contribution in [2.75, 3.05) is 19.7 Å². The molecular formula is C17H21Cl2FN4O. The molecule has 2 aromatic rings. The highest BCUT2D eigenvalue weighted by molar-refractivity contribution is 6.35. The second kappa shape index (κ2) is 7.19. The minimum atomic E-state index is -0.491. The van der Waals surface area contributed by atoms with Gasteiger partial charge in [-0.15, -0.1) is 5.10 Å². The molecule has 1 fully saturated rings. The minimum absolute atomic E-state index is 0.0141. The zero-order valence-corrected chi connectivity index (χ0v) is 16.0. The quantitative estimate of drug-likeness (QED) is 0.746. The Labute approximate surface area is 156 Å². The topological polar surface area (TPSA) is 43.2 Å². The van der Waals surface area contributed by atoms with E-state index < -0.39 is 5.82 Å². The van der Waals surface area contributed by atoms with Crippen LogP contribution in [0.3, 0.4) is 0 Å². The number of benzene rings is 1. The first-order chi connectivity index (χ1) is 11.7. The fourth-order valence-corrected chi connectivity index (χ4v) is 3.25. The van der Waals surface area contributed by atoms with Crippen LogP contribution in [0, 0.1) is 5.82 Å². The molecule has 5 nitrogen and oxygen atoms in total. The van der Waals surface area contributed by atoms with Gasteiger partial charge in [0.2, 0.25) is 0 Å². The number of hydrogen-bond acceptors (Lipinski definition) is 4. The van der Waals surface area contributed by atoms with E-state index in [0.717, 1.165) is 12.2 Å². The van der Waals surface area contributed by atoms with E-state index in [1.807, 2.05) is 10.9 Å². The molecule has 0 bridgehead atoms. The monoisotopic (exact) mass is 386 g/mol. The molecule has 1 saturated heterocycles. The van der Waals surface area contributed by atoms with Crippen LogP contribution in [0.4, 0.5) is 4.39 Å². The molecule has 0 N–H and O–H groups in total. The number of nitrogens with zero attached hydrogens (tertiary/aromatic N) is 4. The zero-order chi connectivity index (χ0) is 18.2. The van der Waals surface area contributed by atoms with Crippen molar-refractivity contribution in [2.24, 2.45) is 0 Å². The predicted octanol–water partition coefficient (Wildman–Crippen LogP) is 4.05. The van der Waals surface area contributed by atoms with Crippen molar-refractivity contribution in [3.8, 4) is 0 Å². The third-order valence-electron chi connectivity index (χ3n) is 4.15. The van der Waals surface area contributed by atoms with Crippen LogP contribution in [-0.4, -0.2) is 39.6 Å². The van der Waals surface area contributed by atoms with Crippen LogP contribution >= 0.6 is 23.2 Å². The number of hydrogen-bond donors (Lipinski definition) is 0. The Hall–Kier alpha value is -1.21. The number of ether oxygens (including phenoxy) is 1. The fourth-order valence-electron chi connectivity index (χ4n) is 2.75. The van der Waals surface area contributed by atoms with Crippen LogP contribution < -0.4 is 0 Å². The van der Waals surface area contributed by atoms with Gasteiger partial charge in [0.05, 0.1) is 35.2 Å². The average molecular weight is 387 g/mol. The van der Waals surface area contributed by atoms with Crippen molar-refractivity contribution in [1.29, 1.82) is 0 Å². The number of aromatic nitrogens is 3. The van der Waals surface area contributed by atoms with E-state index in [1.54, 1.807) is 0 Å². The van der Waals surface area contributed by atoms with Gasteiger partial charge in [-0.25, -0.2) is 9.07 Å². The summed E-state index contributed by atoms with van der Waals surface area (Å²) >= 11 is 12.0. The summed E-state index contributed by atoms with van der Waals surface area (Å²) in [6, 6.07) is 2.78. The lowest BCUT2D eigenvalue weighted by molar-refractivity contribution is -0.0333. The molecule has 0 radical (unpaired) electrons. The van der Waals surface area contributed by atoms with E-state index in [9.17, 15) is 4.39 Å². The molecule has 0 saturated carbocycles. The van der Waals surface area contributed by atoms with Gasteiger partial charge >= 0.3 is 0 Å². The van der Waals surface area contributed by atoms with Gasteiger partial charge in [-0.3, -0.25) is 4.90 Å². The molecule has 0 aliphatic carbocycles. The maximum Gasteiger partial charge on any atom is 0.142 e. The highest BCUT2D eigenvalue weighted by atomic mass is 35.5. The van der Waals surface area contributed by atoms with Gasteiger partial charge in [0.25, 0.3) is 0 Å². The normalized spacial score (nSPS) is 19.4. The second-order valence-electron chi connectivity index (χ2n) is 7.21. The summed E-state index contributed by atoms with van der Waals surface area (Å²) in [5, 5.41) is 8.86. The summed E-state index contributed by atoms with van der Waals surface area (Å²) in [7, 11) is 0. The molecule has 8 heteroatoms. The van der Waals surface area contributed by atoms with Crippen LogP contribution in [0.15, 0.2) is 18.3 Å². The zero-order valence-electron chi connectivity index (χ0n) is 14.5. The van der Waals surface area contributed by atoms with Crippen LogP contribution in [-0.2, 0) is 16.8 Å². The molecule has 2 heterocycles. The molecule has 25 heavy (non-hydrogen) atoms. The standard InChI is InChI=1S/C17H21Cl2FN4O/c1-17(2,3)24-9-11(21-22-24)8-23-4-5-25-16(10-23)12-6-15(20)14(19)7-13(12)18/h6-7,9,16H,4-5,8,10H2,1-3H3/t16-/m0/s1. The molecule has 0 unspecified atom stereocenters. The molecule has 136 valence electrons. The van der Waals surface area contributed by atoms with Crippen molar-refractivity contribution < 1.29 is 9.13 Å². The van der Waals surface area contributed by atoms with E-state index in [1.165, 1.54) is 12.1 Å². The third-order valence-corrected chi connectivity index (χ3v) is 4.77. The summed E-state index contributed by atoms with van der Waals surface area (Å²) in [6.07, 6.45) is 1.66. The first-order valence-electron chi connectivity index (χ1n) is 8.14. The number of morpholine rings is 1. The largest absolute Gasteiger partial charge is 0.371 e. The molecule has 1 aliphatic rings. The molecule has 1 atom stereocenters. The molecular weight excluding hydrogens is 366 g/mol. The van der Waals surface area contributed by atoms with Crippen LogP contribution in [0.2, 0.25) is 10.0 Å². The van der Waals surface area contributed by atoms with E-state index in [4.69, 9.17) is 27.9 Å². The summed E-state index contributed by atoms with van der Waals surface area (Å²) in [5.41, 5.74) is 1.41. The Morgan fingerprint density at radius 2 is 2.04 bits per heavy atom. The van der Waals surface area contributed by atoms with Crippen molar-refractivity contribution in [3.63, 3.8) is 0 Å². The lowest BCUT2D eigenvalue weighted by Gasteiger charge is -2.33. The molecule has 0 spiro atoms.